The molecule has 0 amide bonds. The number of piperidine rings is 1. The minimum absolute atomic E-state index is 0.333. The Kier molecular flexibility index (Phi) is 6.64. The van der Waals surface area contributed by atoms with E-state index in [1.807, 2.05) is 24.3 Å². The van der Waals surface area contributed by atoms with Crippen molar-refractivity contribution in [3.63, 3.8) is 0 Å². The fourth-order valence-electron chi connectivity index (χ4n) is 4.15. The van der Waals surface area contributed by atoms with Gasteiger partial charge in [0.15, 0.2) is 0 Å². The van der Waals surface area contributed by atoms with Crippen LogP contribution in [0.4, 0.5) is 5.69 Å². The highest BCUT2D eigenvalue weighted by molar-refractivity contribution is 14.1. The molecule has 0 unspecified atom stereocenters. The molecule has 3 aromatic rings. The number of aromatic carboxylic acids is 1. The van der Waals surface area contributed by atoms with Crippen molar-refractivity contribution in [2.24, 2.45) is 5.92 Å². The third-order valence-corrected chi connectivity index (χ3v) is 7.79. The summed E-state index contributed by atoms with van der Waals surface area (Å²) in [6.45, 7) is 1.97. The fourth-order valence-corrected chi connectivity index (χ4v) is 5.54. The molecule has 1 heterocycles. The average Bonchev–Trinajstić information content (AvgIpc) is 2.79. The molecule has 1 fully saturated rings. The molecule has 0 radical (unpaired) electrons. The van der Waals surface area contributed by atoms with Gasteiger partial charge in [-0.3, -0.25) is 0 Å². The Balaban J connectivity index is 1.46. The van der Waals surface area contributed by atoms with Crippen molar-refractivity contribution in [2.75, 3.05) is 18.0 Å². The summed E-state index contributed by atoms with van der Waals surface area (Å²) in [5.41, 5.74) is 5.29. The predicted octanol–water partition coefficient (Wildman–Crippen LogP) is 7.10. The molecular formula is C25H23ClINO2. The van der Waals surface area contributed by atoms with Crippen molar-refractivity contribution < 1.29 is 9.90 Å². The third kappa shape index (κ3) is 4.65. The fraction of sp³-hybridized carbons (Fsp3) is 0.240. The maximum Gasteiger partial charge on any atom is 0.335 e. The van der Waals surface area contributed by atoms with Crippen molar-refractivity contribution >= 4 is 45.8 Å². The first-order valence-corrected chi connectivity index (χ1v) is 11.7. The number of rotatable bonds is 5. The van der Waals surface area contributed by atoms with Crippen LogP contribution in [0.25, 0.3) is 11.1 Å². The van der Waals surface area contributed by atoms with Gasteiger partial charge in [-0.1, -0.05) is 70.6 Å². The maximum atomic E-state index is 11.1. The molecule has 1 atom stereocenters. The van der Waals surface area contributed by atoms with E-state index < -0.39 is 5.97 Å². The second-order valence-corrected chi connectivity index (χ2v) is 9.45. The number of carboxylic acid groups (broad SMARTS) is 1. The lowest BCUT2D eigenvalue weighted by molar-refractivity contribution is 0.0697. The molecule has 0 spiro atoms. The van der Waals surface area contributed by atoms with Crippen molar-refractivity contribution in [3.8, 4) is 11.1 Å². The largest absolute Gasteiger partial charge is 0.478 e. The molecule has 4 rings (SSSR count). The SMILES string of the molecule is O=C(O)c1ccc(N2CCC([C@H](I)c3ccccc3-c3ccc(Cl)cc3)CC2)cc1. The normalized spacial score (nSPS) is 15.7. The number of alkyl halides is 1. The summed E-state index contributed by atoms with van der Waals surface area (Å²) in [5.74, 6) is -0.277. The summed E-state index contributed by atoms with van der Waals surface area (Å²) in [4.78, 5) is 13.4. The quantitative estimate of drug-likeness (QED) is 0.282. The van der Waals surface area contributed by atoms with E-state index >= 15 is 0 Å². The van der Waals surface area contributed by atoms with Crippen LogP contribution in [0, 0.1) is 5.92 Å². The molecule has 3 nitrogen and oxygen atoms in total. The van der Waals surface area contributed by atoms with Crippen LogP contribution in [-0.4, -0.2) is 24.2 Å². The van der Waals surface area contributed by atoms with Crippen LogP contribution in [-0.2, 0) is 0 Å². The van der Waals surface area contributed by atoms with Crippen LogP contribution >= 0.6 is 34.2 Å². The molecule has 0 saturated carbocycles. The Labute approximate surface area is 195 Å². The maximum absolute atomic E-state index is 11.1. The lowest BCUT2D eigenvalue weighted by atomic mass is 9.86. The zero-order chi connectivity index (χ0) is 21.1. The monoisotopic (exact) mass is 531 g/mol. The van der Waals surface area contributed by atoms with Gasteiger partial charge in [0.05, 0.1) is 5.56 Å². The van der Waals surface area contributed by atoms with E-state index in [9.17, 15) is 4.79 Å². The summed E-state index contributed by atoms with van der Waals surface area (Å²) in [7, 11) is 0. The Hall–Kier alpha value is -2.05. The molecule has 0 aromatic heterocycles. The van der Waals surface area contributed by atoms with Crippen LogP contribution in [0.1, 0.15) is 32.7 Å². The van der Waals surface area contributed by atoms with Gasteiger partial charge in [-0.15, -0.1) is 0 Å². The molecule has 30 heavy (non-hydrogen) atoms. The van der Waals surface area contributed by atoms with Crippen LogP contribution in [0.2, 0.25) is 5.02 Å². The highest BCUT2D eigenvalue weighted by Crippen LogP contribution is 2.42. The van der Waals surface area contributed by atoms with Gasteiger partial charge in [-0.05, 0) is 71.8 Å². The zero-order valence-electron chi connectivity index (χ0n) is 16.5. The topological polar surface area (TPSA) is 40.5 Å². The molecule has 1 N–H and O–H groups in total. The van der Waals surface area contributed by atoms with E-state index in [0.29, 0.717) is 15.4 Å². The van der Waals surface area contributed by atoms with Crippen molar-refractivity contribution in [2.45, 2.75) is 16.8 Å². The standard InChI is InChI=1S/C25H23ClINO2/c26-20-9-5-17(6-10-20)22-3-1-2-4-23(22)24(27)18-13-15-28(16-14-18)21-11-7-19(8-12-21)25(29)30/h1-12,18,24H,13-16H2,(H,29,30)/t24-/m0/s1. The number of benzene rings is 3. The number of hydrogen-bond donors (Lipinski definition) is 1. The van der Waals surface area contributed by atoms with E-state index in [-0.39, 0.29) is 0 Å². The molecule has 1 aliphatic rings. The summed E-state index contributed by atoms with van der Waals surface area (Å²) in [6.07, 6.45) is 2.23. The van der Waals surface area contributed by atoms with E-state index in [2.05, 4.69) is 63.9 Å². The third-order valence-electron chi connectivity index (χ3n) is 5.85. The van der Waals surface area contributed by atoms with Crippen LogP contribution in [0.3, 0.4) is 0 Å². The number of halogens is 2. The number of nitrogens with zero attached hydrogens (tertiary/aromatic N) is 1. The lowest BCUT2D eigenvalue weighted by Crippen LogP contribution is -2.34. The predicted molar refractivity (Wildman–Crippen MR) is 132 cm³/mol. The Morgan fingerprint density at radius 1 is 0.967 bits per heavy atom. The molecular weight excluding hydrogens is 509 g/mol. The molecule has 154 valence electrons. The summed E-state index contributed by atoms with van der Waals surface area (Å²) in [5, 5.41) is 9.84. The van der Waals surface area contributed by atoms with Gasteiger partial charge in [-0.25, -0.2) is 4.79 Å². The van der Waals surface area contributed by atoms with E-state index in [4.69, 9.17) is 16.7 Å². The van der Waals surface area contributed by atoms with E-state index in [1.54, 1.807) is 12.1 Å². The Bertz CT molecular complexity index is 1010. The minimum Gasteiger partial charge on any atom is -0.478 e. The minimum atomic E-state index is -0.882. The number of carbonyl (C=O) groups is 1. The first-order chi connectivity index (χ1) is 14.5. The van der Waals surface area contributed by atoms with Crippen LogP contribution < -0.4 is 4.90 Å². The van der Waals surface area contributed by atoms with Crippen molar-refractivity contribution in [1.82, 2.24) is 0 Å². The van der Waals surface area contributed by atoms with Gasteiger partial charge in [0.1, 0.15) is 0 Å². The molecule has 1 saturated heterocycles. The summed E-state index contributed by atoms with van der Waals surface area (Å²) >= 11 is 8.69. The highest BCUT2D eigenvalue weighted by Gasteiger charge is 2.27. The molecule has 0 aliphatic carbocycles. The first-order valence-electron chi connectivity index (χ1n) is 10.1. The van der Waals surface area contributed by atoms with Crippen LogP contribution in [0.5, 0.6) is 0 Å². The second kappa shape index (κ2) is 9.40. The summed E-state index contributed by atoms with van der Waals surface area (Å²) in [6, 6.07) is 24.0. The van der Waals surface area contributed by atoms with Crippen molar-refractivity contribution in [3.05, 3.63) is 88.9 Å². The zero-order valence-corrected chi connectivity index (χ0v) is 19.4. The Morgan fingerprint density at radius 2 is 1.60 bits per heavy atom. The highest BCUT2D eigenvalue weighted by atomic mass is 127. The molecule has 1 aliphatic heterocycles. The molecule has 5 heteroatoms. The van der Waals surface area contributed by atoms with Crippen LogP contribution in [0.15, 0.2) is 72.8 Å². The first kappa shape index (κ1) is 21.2. The van der Waals surface area contributed by atoms with E-state index in [0.717, 1.165) is 36.6 Å². The van der Waals surface area contributed by atoms with Gasteiger partial charge in [0.2, 0.25) is 0 Å². The van der Waals surface area contributed by atoms with Gasteiger partial charge in [-0.2, -0.15) is 0 Å². The number of anilines is 1. The van der Waals surface area contributed by atoms with E-state index in [1.165, 1.54) is 16.7 Å². The number of carboxylic acids is 1. The second-order valence-electron chi connectivity index (χ2n) is 7.67. The van der Waals surface area contributed by atoms with Gasteiger partial charge in [0.25, 0.3) is 0 Å². The lowest BCUT2D eigenvalue weighted by Gasteiger charge is -2.36. The van der Waals surface area contributed by atoms with Crippen molar-refractivity contribution in [1.29, 1.82) is 0 Å². The van der Waals surface area contributed by atoms with Gasteiger partial charge in [0, 0.05) is 27.7 Å². The smallest absolute Gasteiger partial charge is 0.335 e. The molecule has 0 bridgehead atoms. The summed E-state index contributed by atoms with van der Waals surface area (Å²) < 4.78 is 0.436. The average molecular weight is 532 g/mol. The van der Waals surface area contributed by atoms with Gasteiger partial charge < -0.3 is 10.0 Å². The Morgan fingerprint density at radius 3 is 2.23 bits per heavy atom. The number of hydrogen-bond acceptors (Lipinski definition) is 2. The van der Waals surface area contributed by atoms with Gasteiger partial charge >= 0.3 is 5.97 Å². The molecule has 3 aromatic carbocycles.